The fourth-order valence-electron chi connectivity index (χ4n) is 4.50. The first-order chi connectivity index (χ1) is 18.9. The number of hydrogen-bond acceptors (Lipinski definition) is 6. The molecule has 0 saturated heterocycles. The molecular formula is C30H33N5O4. The van der Waals surface area contributed by atoms with Gasteiger partial charge >= 0.3 is 5.97 Å². The second-order valence-corrected chi connectivity index (χ2v) is 9.71. The van der Waals surface area contributed by atoms with E-state index in [1.807, 2.05) is 93.6 Å². The van der Waals surface area contributed by atoms with Gasteiger partial charge in [-0.1, -0.05) is 69.7 Å². The molecule has 1 atom stereocenters. The number of aromatic amines is 1. The van der Waals surface area contributed by atoms with Crippen molar-refractivity contribution in [3.05, 3.63) is 78.4 Å². The molecule has 1 aromatic heterocycles. The summed E-state index contributed by atoms with van der Waals surface area (Å²) in [6.45, 7) is 5.88. The number of nitrogens with zero attached hydrogens (tertiary/aromatic N) is 4. The maximum Gasteiger partial charge on any atom is 0.326 e. The summed E-state index contributed by atoms with van der Waals surface area (Å²) in [5.41, 5.74) is 3.35. The minimum absolute atomic E-state index is 0.146. The van der Waals surface area contributed by atoms with Gasteiger partial charge in [0.1, 0.15) is 17.5 Å². The lowest BCUT2D eigenvalue weighted by atomic mass is 9.97. The summed E-state index contributed by atoms with van der Waals surface area (Å²) >= 11 is 0. The van der Waals surface area contributed by atoms with Gasteiger partial charge in [0.25, 0.3) is 0 Å². The second-order valence-electron chi connectivity index (χ2n) is 9.71. The molecule has 1 heterocycles. The summed E-state index contributed by atoms with van der Waals surface area (Å²) in [5.74, 6) is 0.462. The topological polar surface area (TPSA) is 121 Å². The molecule has 3 aromatic carbocycles. The number of carboxylic acid groups (broad SMARTS) is 1. The number of nitrogens with one attached hydrogen (secondary N) is 1. The Hall–Kier alpha value is -4.53. The quantitative estimate of drug-likeness (QED) is 0.233. The maximum atomic E-state index is 13.0. The number of tetrazole rings is 1. The summed E-state index contributed by atoms with van der Waals surface area (Å²) in [6, 6.07) is 22.0. The number of carbonyl (C=O) groups excluding carboxylic acids is 1. The van der Waals surface area contributed by atoms with E-state index < -0.39 is 12.0 Å². The average Bonchev–Trinajstić information content (AvgIpc) is 3.47. The number of carboxylic acids is 1. The largest absolute Gasteiger partial charge is 0.480 e. The minimum atomic E-state index is -0.994. The molecule has 1 unspecified atom stereocenters. The summed E-state index contributed by atoms with van der Waals surface area (Å²) in [5, 5.41) is 24.4. The monoisotopic (exact) mass is 527 g/mol. The van der Waals surface area contributed by atoms with E-state index >= 15 is 0 Å². The molecule has 0 bridgehead atoms. The Morgan fingerprint density at radius 1 is 0.974 bits per heavy atom. The van der Waals surface area contributed by atoms with Crippen molar-refractivity contribution in [1.82, 2.24) is 25.5 Å². The van der Waals surface area contributed by atoms with Gasteiger partial charge < -0.3 is 14.7 Å². The zero-order valence-corrected chi connectivity index (χ0v) is 22.4. The zero-order chi connectivity index (χ0) is 27.8. The van der Waals surface area contributed by atoms with Gasteiger partial charge in [0.15, 0.2) is 0 Å². The molecule has 2 N–H and O–H groups in total. The van der Waals surface area contributed by atoms with E-state index in [2.05, 4.69) is 20.6 Å². The molecule has 0 radical (unpaired) electrons. The number of hydrogen-bond donors (Lipinski definition) is 2. The average molecular weight is 528 g/mol. The summed E-state index contributed by atoms with van der Waals surface area (Å²) in [4.78, 5) is 26.6. The van der Waals surface area contributed by atoms with Gasteiger partial charge in [-0.05, 0) is 64.6 Å². The van der Waals surface area contributed by atoms with Crippen molar-refractivity contribution < 1.29 is 19.4 Å². The molecule has 39 heavy (non-hydrogen) atoms. The fraction of sp³-hybridized carbons (Fsp3) is 0.300. The summed E-state index contributed by atoms with van der Waals surface area (Å²) in [6.07, 6.45) is 1.91. The molecule has 0 aliphatic carbocycles. The van der Waals surface area contributed by atoms with Crippen LogP contribution in [-0.4, -0.2) is 48.5 Å². The van der Waals surface area contributed by atoms with Crippen LogP contribution in [0.4, 0.5) is 0 Å². The van der Waals surface area contributed by atoms with Gasteiger partial charge in [-0.15, -0.1) is 10.2 Å². The highest BCUT2D eigenvalue weighted by molar-refractivity contribution is 5.84. The Morgan fingerprint density at radius 2 is 1.72 bits per heavy atom. The van der Waals surface area contributed by atoms with Gasteiger partial charge in [0, 0.05) is 18.5 Å². The highest BCUT2D eigenvalue weighted by atomic mass is 16.5. The lowest BCUT2D eigenvalue weighted by molar-refractivity contribution is -0.153. The molecular weight excluding hydrogens is 494 g/mol. The molecule has 202 valence electrons. The lowest BCUT2D eigenvalue weighted by Gasteiger charge is -2.32. The van der Waals surface area contributed by atoms with Crippen LogP contribution in [0.5, 0.6) is 11.5 Å². The normalized spacial score (nSPS) is 11.8. The van der Waals surface area contributed by atoms with E-state index in [-0.39, 0.29) is 18.4 Å². The molecule has 4 rings (SSSR count). The van der Waals surface area contributed by atoms with Crippen LogP contribution < -0.4 is 4.74 Å². The number of aliphatic carboxylic acids is 1. The number of carbonyl (C=O) groups is 2. The van der Waals surface area contributed by atoms with Crippen LogP contribution in [0.25, 0.3) is 22.5 Å². The van der Waals surface area contributed by atoms with Crippen molar-refractivity contribution in [2.75, 3.05) is 0 Å². The molecule has 4 aromatic rings. The fourth-order valence-corrected chi connectivity index (χ4v) is 4.50. The Kier molecular flexibility index (Phi) is 9.04. The lowest BCUT2D eigenvalue weighted by Crippen LogP contribution is -2.47. The van der Waals surface area contributed by atoms with Gasteiger partial charge in [-0.2, -0.15) is 5.21 Å². The Balaban J connectivity index is 1.65. The number of H-pyrrole nitrogens is 1. The van der Waals surface area contributed by atoms with Crippen LogP contribution >= 0.6 is 0 Å². The van der Waals surface area contributed by atoms with Crippen molar-refractivity contribution in [2.45, 2.75) is 52.6 Å². The van der Waals surface area contributed by atoms with Gasteiger partial charge in [-0.25, -0.2) is 4.79 Å². The third-order valence-corrected chi connectivity index (χ3v) is 6.46. The van der Waals surface area contributed by atoms with Crippen molar-refractivity contribution in [1.29, 1.82) is 0 Å². The minimum Gasteiger partial charge on any atom is -0.480 e. The van der Waals surface area contributed by atoms with Crippen molar-refractivity contribution in [3.63, 3.8) is 0 Å². The predicted molar refractivity (Wildman–Crippen MR) is 148 cm³/mol. The first-order valence-corrected chi connectivity index (χ1v) is 13.1. The second kappa shape index (κ2) is 12.8. The van der Waals surface area contributed by atoms with Crippen molar-refractivity contribution in [2.24, 2.45) is 5.92 Å². The Labute approximate surface area is 227 Å². The third-order valence-electron chi connectivity index (χ3n) is 6.46. The molecule has 0 fully saturated rings. The molecule has 0 saturated carbocycles. The Morgan fingerprint density at radius 3 is 2.33 bits per heavy atom. The molecule has 1 amide bonds. The molecule has 0 aliphatic heterocycles. The number of unbranched alkanes of at least 4 members (excludes halogenated alkanes) is 1. The number of benzene rings is 3. The van der Waals surface area contributed by atoms with Crippen LogP contribution in [0.1, 0.15) is 45.6 Å². The third kappa shape index (κ3) is 6.87. The molecule has 0 spiro atoms. The van der Waals surface area contributed by atoms with Gasteiger partial charge in [0.05, 0.1) is 0 Å². The van der Waals surface area contributed by atoms with Crippen LogP contribution in [0.3, 0.4) is 0 Å². The zero-order valence-electron chi connectivity index (χ0n) is 22.4. The van der Waals surface area contributed by atoms with E-state index in [0.717, 1.165) is 40.8 Å². The smallest absolute Gasteiger partial charge is 0.326 e. The number of aromatic nitrogens is 4. The number of para-hydroxylation sites is 1. The number of ether oxygens (including phenoxy) is 1. The first-order valence-electron chi connectivity index (χ1n) is 13.1. The number of amides is 1. The van der Waals surface area contributed by atoms with Crippen molar-refractivity contribution in [3.8, 4) is 34.0 Å². The highest BCUT2D eigenvalue weighted by Gasteiger charge is 2.32. The van der Waals surface area contributed by atoms with E-state index in [1.165, 1.54) is 4.90 Å². The van der Waals surface area contributed by atoms with E-state index in [4.69, 9.17) is 4.74 Å². The van der Waals surface area contributed by atoms with Crippen LogP contribution in [0, 0.1) is 5.92 Å². The van der Waals surface area contributed by atoms with Crippen LogP contribution in [0.2, 0.25) is 0 Å². The summed E-state index contributed by atoms with van der Waals surface area (Å²) in [7, 11) is 0. The highest BCUT2D eigenvalue weighted by Crippen LogP contribution is 2.35. The molecule has 0 aliphatic rings. The maximum absolute atomic E-state index is 13.0. The van der Waals surface area contributed by atoms with Crippen molar-refractivity contribution >= 4 is 11.9 Å². The Bertz CT molecular complexity index is 1370. The van der Waals surface area contributed by atoms with E-state index in [0.29, 0.717) is 18.0 Å². The summed E-state index contributed by atoms with van der Waals surface area (Å²) < 4.78 is 6.05. The SMILES string of the molecule is CCCCC(=O)N(Cc1ccc(-c2cc(Oc3ccccc3)ccc2-c2nn[nH]n2)cc1)C(C(=O)O)C(C)C. The molecule has 9 heteroatoms. The standard InChI is InChI=1S/C30H33N5O4/c1-4-5-11-27(36)35(28(20(2)3)30(37)38)19-21-12-14-22(15-13-21)26-18-24(39-23-9-7-6-8-10-23)16-17-25(26)29-31-33-34-32-29/h6-10,12-18,20,28H,4-5,11,19H2,1-3H3,(H,37,38)(H,31,32,33,34). The first kappa shape index (κ1) is 27.5. The van der Waals surface area contributed by atoms with E-state index in [1.54, 1.807) is 0 Å². The molecule has 9 nitrogen and oxygen atoms in total. The van der Waals surface area contributed by atoms with Crippen LogP contribution in [0.15, 0.2) is 72.8 Å². The van der Waals surface area contributed by atoms with Crippen LogP contribution in [-0.2, 0) is 16.1 Å². The van der Waals surface area contributed by atoms with Gasteiger partial charge in [-0.3, -0.25) is 4.79 Å². The number of rotatable bonds is 12. The van der Waals surface area contributed by atoms with Gasteiger partial charge in [0.2, 0.25) is 11.7 Å². The van der Waals surface area contributed by atoms with E-state index in [9.17, 15) is 14.7 Å². The predicted octanol–water partition coefficient (Wildman–Crippen LogP) is 5.95.